The van der Waals surface area contributed by atoms with E-state index in [1.54, 1.807) is 0 Å². The highest BCUT2D eigenvalue weighted by molar-refractivity contribution is 7.14. The van der Waals surface area contributed by atoms with Crippen LogP contribution in [0.3, 0.4) is 0 Å². The number of halogens is 1. The normalized spacial score (nSPS) is 23.5. The molecule has 13 heavy (non-hydrogen) atoms. The molecule has 1 aliphatic heterocycles. The zero-order valence-corrected chi connectivity index (χ0v) is 8.94. The summed E-state index contributed by atoms with van der Waals surface area (Å²) in [4.78, 5) is 6.43. The van der Waals surface area contributed by atoms with E-state index < -0.39 is 0 Å². The molecule has 0 saturated carbocycles. The van der Waals surface area contributed by atoms with Gasteiger partial charge in [0.2, 0.25) is 0 Å². The predicted molar refractivity (Wildman–Crippen MR) is 54.8 cm³/mol. The summed E-state index contributed by atoms with van der Waals surface area (Å²) in [7, 11) is 0. The number of hydrogen-bond acceptors (Lipinski definition) is 4. The zero-order valence-electron chi connectivity index (χ0n) is 7.36. The van der Waals surface area contributed by atoms with Crippen LogP contribution in [0.2, 0.25) is 4.47 Å². The van der Waals surface area contributed by atoms with E-state index in [0.717, 1.165) is 25.5 Å². The maximum absolute atomic E-state index is 5.77. The Morgan fingerprint density at radius 3 is 3.23 bits per heavy atom. The van der Waals surface area contributed by atoms with Gasteiger partial charge in [0, 0.05) is 18.5 Å². The van der Waals surface area contributed by atoms with Crippen molar-refractivity contribution < 1.29 is 4.74 Å². The highest BCUT2D eigenvalue weighted by Crippen LogP contribution is 2.23. The lowest BCUT2D eigenvalue weighted by Crippen LogP contribution is -2.41. The van der Waals surface area contributed by atoms with Gasteiger partial charge in [0.1, 0.15) is 5.82 Å². The molecule has 2 rings (SSSR count). The molecule has 72 valence electrons. The van der Waals surface area contributed by atoms with Crippen molar-refractivity contribution in [2.45, 2.75) is 13.0 Å². The van der Waals surface area contributed by atoms with E-state index in [9.17, 15) is 0 Å². The van der Waals surface area contributed by atoms with Gasteiger partial charge < -0.3 is 9.64 Å². The number of anilines is 1. The van der Waals surface area contributed by atoms with Crippen LogP contribution in [0, 0.1) is 0 Å². The van der Waals surface area contributed by atoms with Gasteiger partial charge in [-0.3, -0.25) is 0 Å². The van der Waals surface area contributed by atoms with Gasteiger partial charge in [0.15, 0.2) is 4.47 Å². The monoisotopic (exact) mass is 218 g/mol. The number of nitrogens with zero attached hydrogens (tertiary/aromatic N) is 2. The Balaban J connectivity index is 2.08. The van der Waals surface area contributed by atoms with Gasteiger partial charge in [-0.05, 0) is 6.92 Å². The second-order valence-electron chi connectivity index (χ2n) is 3.09. The zero-order chi connectivity index (χ0) is 9.26. The van der Waals surface area contributed by atoms with Crippen molar-refractivity contribution in [3.63, 3.8) is 0 Å². The Kier molecular flexibility index (Phi) is 2.71. The van der Waals surface area contributed by atoms with Crippen molar-refractivity contribution >= 4 is 28.8 Å². The summed E-state index contributed by atoms with van der Waals surface area (Å²) in [5, 5.41) is 1.99. The molecule has 1 fully saturated rings. The number of aromatic nitrogens is 1. The smallest absolute Gasteiger partial charge is 0.185 e. The van der Waals surface area contributed by atoms with Crippen LogP contribution in [0.1, 0.15) is 6.92 Å². The molecule has 0 aliphatic carbocycles. The average Bonchev–Trinajstić information content (AvgIpc) is 2.52. The lowest BCUT2D eigenvalue weighted by molar-refractivity contribution is 0.0530. The second-order valence-corrected chi connectivity index (χ2v) is 4.53. The molecule has 1 aromatic rings. The van der Waals surface area contributed by atoms with Crippen molar-refractivity contribution in [3.8, 4) is 0 Å². The Hall–Kier alpha value is -0.320. The van der Waals surface area contributed by atoms with Crippen LogP contribution in [0.15, 0.2) is 5.38 Å². The van der Waals surface area contributed by atoms with Crippen molar-refractivity contribution in [1.82, 2.24) is 4.98 Å². The summed E-state index contributed by atoms with van der Waals surface area (Å²) in [5.41, 5.74) is 0. The fourth-order valence-corrected chi connectivity index (χ4v) is 2.19. The molecule has 0 bridgehead atoms. The molecule has 0 amide bonds. The highest BCUT2D eigenvalue weighted by Gasteiger charge is 2.18. The highest BCUT2D eigenvalue weighted by atomic mass is 35.5. The van der Waals surface area contributed by atoms with Crippen LogP contribution < -0.4 is 4.90 Å². The SMILES string of the molecule is C[C@@H]1CN(c2csc(Cl)n2)CCO1. The first kappa shape index (κ1) is 9.24. The van der Waals surface area contributed by atoms with Crippen LogP contribution >= 0.6 is 22.9 Å². The minimum Gasteiger partial charge on any atom is -0.375 e. The summed E-state index contributed by atoms with van der Waals surface area (Å²) in [5.74, 6) is 0.977. The standard InChI is InChI=1S/C8H11ClN2OS/c1-6-4-11(2-3-12-6)7-5-13-8(9)10-7/h5-6H,2-4H2,1H3/t6-/m1/s1. The summed E-state index contributed by atoms with van der Waals surface area (Å²) in [6.07, 6.45) is 0.286. The molecule has 0 unspecified atom stereocenters. The molecule has 1 saturated heterocycles. The van der Waals surface area contributed by atoms with Crippen molar-refractivity contribution in [2.75, 3.05) is 24.6 Å². The van der Waals surface area contributed by atoms with Gasteiger partial charge in [0.05, 0.1) is 12.7 Å². The fourth-order valence-electron chi connectivity index (χ4n) is 1.42. The number of ether oxygens (including phenoxy) is 1. The van der Waals surface area contributed by atoms with Crippen LogP contribution in [0.25, 0.3) is 0 Å². The van der Waals surface area contributed by atoms with Gasteiger partial charge in [-0.15, -0.1) is 11.3 Å². The van der Waals surface area contributed by atoms with Crippen molar-refractivity contribution in [1.29, 1.82) is 0 Å². The topological polar surface area (TPSA) is 25.4 Å². The van der Waals surface area contributed by atoms with Gasteiger partial charge in [0.25, 0.3) is 0 Å². The Labute approximate surface area is 86.3 Å². The summed E-state index contributed by atoms with van der Waals surface area (Å²) in [6.45, 7) is 4.65. The molecule has 0 aromatic carbocycles. The second kappa shape index (κ2) is 3.82. The van der Waals surface area contributed by atoms with Gasteiger partial charge in [-0.1, -0.05) is 11.6 Å². The number of rotatable bonds is 1. The minimum absolute atomic E-state index is 0.286. The molecule has 2 heterocycles. The van der Waals surface area contributed by atoms with E-state index in [-0.39, 0.29) is 6.10 Å². The first-order chi connectivity index (χ1) is 6.25. The average molecular weight is 219 g/mol. The Morgan fingerprint density at radius 2 is 2.62 bits per heavy atom. The Morgan fingerprint density at radius 1 is 1.77 bits per heavy atom. The Bertz CT molecular complexity index is 291. The maximum atomic E-state index is 5.77. The lowest BCUT2D eigenvalue weighted by Gasteiger charge is -2.31. The largest absolute Gasteiger partial charge is 0.375 e. The summed E-state index contributed by atoms with van der Waals surface area (Å²) < 4.78 is 6.04. The molecule has 1 atom stereocenters. The minimum atomic E-state index is 0.286. The van der Waals surface area contributed by atoms with Crippen LogP contribution in [-0.2, 0) is 4.74 Å². The maximum Gasteiger partial charge on any atom is 0.185 e. The molecule has 1 aliphatic rings. The molecule has 1 aromatic heterocycles. The first-order valence-corrected chi connectivity index (χ1v) is 5.49. The molecule has 0 spiro atoms. The van der Waals surface area contributed by atoms with E-state index in [2.05, 4.69) is 16.8 Å². The van der Waals surface area contributed by atoms with E-state index in [0.29, 0.717) is 4.47 Å². The van der Waals surface area contributed by atoms with Crippen LogP contribution in [0.4, 0.5) is 5.82 Å². The van der Waals surface area contributed by atoms with Crippen LogP contribution in [-0.4, -0.2) is 30.8 Å². The van der Waals surface area contributed by atoms with Gasteiger partial charge in [-0.25, -0.2) is 4.98 Å². The van der Waals surface area contributed by atoms with E-state index >= 15 is 0 Å². The molecule has 0 N–H and O–H groups in total. The third-order valence-electron chi connectivity index (χ3n) is 2.03. The number of thiazole rings is 1. The van der Waals surface area contributed by atoms with E-state index in [1.165, 1.54) is 11.3 Å². The molecule has 3 nitrogen and oxygen atoms in total. The molecule has 0 radical (unpaired) electrons. The molecular formula is C8H11ClN2OS. The lowest BCUT2D eigenvalue weighted by atomic mass is 10.3. The fraction of sp³-hybridized carbons (Fsp3) is 0.625. The summed E-state index contributed by atoms with van der Waals surface area (Å²) >= 11 is 7.24. The van der Waals surface area contributed by atoms with Crippen molar-refractivity contribution in [2.24, 2.45) is 0 Å². The number of hydrogen-bond donors (Lipinski definition) is 0. The third-order valence-corrected chi connectivity index (χ3v) is 3.00. The first-order valence-electron chi connectivity index (χ1n) is 4.23. The summed E-state index contributed by atoms with van der Waals surface area (Å²) in [6, 6.07) is 0. The van der Waals surface area contributed by atoms with Crippen molar-refractivity contribution in [3.05, 3.63) is 9.85 Å². The van der Waals surface area contributed by atoms with Crippen LogP contribution in [0.5, 0.6) is 0 Å². The number of morpholine rings is 1. The van der Waals surface area contributed by atoms with Gasteiger partial charge >= 0.3 is 0 Å². The predicted octanol–water partition coefficient (Wildman–Crippen LogP) is 2.02. The third kappa shape index (κ3) is 2.13. The molecular weight excluding hydrogens is 208 g/mol. The molecule has 5 heteroatoms. The van der Waals surface area contributed by atoms with E-state index in [1.807, 2.05) is 5.38 Å². The van der Waals surface area contributed by atoms with E-state index in [4.69, 9.17) is 16.3 Å². The van der Waals surface area contributed by atoms with Gasteiger partial charge in [-0.2, -0.15) is 0 Å². The quantitative estimate of drug-likeness (QED) is 0.721.